The summed E-state index contributed by atoms with van der Waals surface area (Å²) in [6.45, 7) is 0.857. The minimum atomic E-state index is -3.04. The van der Waals surface area contributed by atoms with Crippen molar-refractivity contribution in [3.05, 3.63) is 22.2 Å². The number of nitrogens with two attached hydrogens (primary N) is 1. The Labute approximate surface area is 162 Å². The third-order valence-corrected chi connectivity index (χ3v) is 4.87. The van der Waals surface area contributed by atoms with Gasteiger partial charge in [-0.25, -0.2) is 4.79 Å². The molecule has 1 aliphatic rings. The predicted octanol–water partition coefficient (Wildman–Crippen LogP) is 0.0261. The molecule has 1 saturated heterocycles. The van der Waals surface area contributed by atoms with Crippen LogP contribution in [0.3, 0.4) is 0 Å². The van der Waals surface area contributed by atoms with Crippen molar-refractivity contribution < 1.29 is 28.4 Å². The van der Waals surface area contributed by atoms with Crippen LogP contribution in [-0.2, 0) is 35.3 Å². The maximum Gasteiger partial charge on any atom is 0.351 e. The molecule has 1 aliphatic heterocycles. The molecule has 27 heavy (non-hydrogen) atoms. The highest BCUT2D eigenvalue weighted by Crippen LogP contribution is 2.45. The van der Waals surface area contributed by atoms with E-state index in [2.05, 4.69) is 4.98 Å². The highest BCUT2D eigenvalue weighted by molar-refractivity contribution is 8.09. The Hall–Kier alpha value is -0.910. The number of rotatable bonds is 9. The molecule has 154 valence electrons. The van der Waals surface area contributed by atoms with E-state index in [1.54, 1.807) is 20.2 Å². The van der Waals surface area contributed by atoms with Crippen molar-refractivity contribution >= 4 is 24.1 Å². The number of aryl methyl sites for hydroxylation is 1. The highest BCUT2D eigenvalue weighted by Gasteiger charge is 2.49. The van der Waals surface area contributed by atoms with Gasteiger partial charge >= 0.3 is 5.69 Å². The van der Waals surface area contributed by atoms with Crippen molar-refractivity contribution in [2.75, 3.05) is 46.4 Å². The largest absolute Gasteiger partial charge is 0.383 e. The molecule has 0 aromatic carbocycles. The highest BCUT2D eigenvalue weighted by atomic mass is 32.5. The van der Waals surface area contributed by atoms with Crippen LogP contribution in [0.15, 0.2) is 11.0 Å². The van der Waals surface area contributed by atoms with E-state index in [1.165, 1.54) is 18.3 Å². The Morgan fingerprint density at radius 2 is 2.07 bits per heavy atom. The monoisotopic (exact) mass is 423 g/mol. The van der Waals surface area contributed by atoms with Crippen LogP contribution in [-0.4, -0.2) is 73.5 Å². The Kier molecular flexibility index (Phi) is 7.90. The number of anilines is 1. The van der Waals surface area contributed by atoms with Gasteiger partial charge in [-0.3, -0.25) is 4.57 Å². The number of hydrogen-bond acceptors (Lipinski definition) is 9. The lowest BCUT2D eigenvalue weighted by atomic mass is 10.1. The number of hydrogen-bond donors (Lipinski definition) is 2. The van der Waals surface area contributed by atoms with Gasteiger partial charge in [0.25, 0.3) is 0 Å². The molecule has 2 rings (SSSR count). The third kappa shape index (κ3) is 5.78. The van der Waals surface area contributed by atoms with Gasteiger partial charge in [0.1, 0.15) is 24.1 Å². The molecule has 1 fully saturated rings. The van der Waals surface area contributed by atoms with Gasteiger partial charge in [0.2, 0.25) is 0 Å². The third-order valence-electron chi connectivity index (χ3n) is 3.98. The normalized spacial score (nSPS) is 27.6. The average molecular weight is 423 g/mol. The molecule has 0 bridgehead atoms. The molecule has 1 aromatic rings. The fraction of sp³-hybridized carbons (Fsp3) is 0.733. The summed E-state index contributed by atoms with van der Waals surface area (Å²) in [5, 5.41) is 0. The Morgan fingerprint density at radius 3 is 2.67 bits per heavy atom. The first kappa shape index (κ1) is 22.4. The van der Waals surface area contributed by atoms with E-state index in [-0.39, 0.29) is 19.0 Å². The van der Waals surface area contributed by atoms with Crippen molar-refractivity contribution in [1.29, 1.82) is 0 Å². The number of aromatic nitrogens is 2. The maximum absolute atomic E-state index is 12.4. The van der Waals surface area contributed by atoms with Gasteiger partial charge in [0.15, 0.2) is 12.7 Å². The van der Waals surface area contributed by atoms with Crippen LogP contribution in [0.4, 0.5) is 5.82 Å². The first-order chi connectivity index (χ1) is 12.7. The van der Waals surface area contributed by atoms with Gasteiger partial charge in [-0.15, -0.1) is 0 Å². The molecule has 0 aliphatic carbocycles. The molecule has 2 unspecified atom stereocenters. The van der Waals surface area contributed by atoms with Crippen molar-refractivity contribution in [3.8, 4) is 0 Å². The molecule has 2 heterocycles. The minimum absolute atomic E-state index is 0.145. The van der Waals surface area contributed by atoms with Gasteiger partial charge in [0, 0.05) is 32.6 Å². The number of methoxy groups -OCH3 is 2. The van der Waals surface area contributed by atoms with Crippen molar-refractivity contribution in [3.63, 3.8) is 0 Å². The molecule has 12 heteroatoms. The molecule has 3 N–H and O–H groups in total. The Balaban J connectivity index is 2.42. The lowest BCUT2D eigenvalue weighted by Crippen LogP contribution is -2.40. The molecule has 5 atom stereocenters. The molecule has 1 aromatic heterocycles. The van der Waals surface area contributed by atoms with Crippen molar-refractivity contribution in [2.45, 2.75) is 31.5 Å². The van der Waals surface area contributed by atoms with Crippen molar-refractivity contribution in [1.82, 2.24) is 9.55 Å². The molecular weight excluding hydrogens is 397 g/mol. The SMILES string of the molecule is COCCO[C@H]1C(OP(C)(O)=S)[C@@H](COC)O[C@H]1n1cc(C)c(N)nc1=O. The van der Waals surface area contributed by atoms with Crippen LogP contribution in [0.1, 0.15) is 11.8 Å². The summed E-state index contributed by atoms with van der Waals surface area (Å²) in [5.41, 5.74) is 5.74. The van der Waals surface area contributed by atoms with Gasteiger partial charge < -0.3 is 34.1 Å². The molecule has 0 saturated carbocycles. The second-order valence-corrected chi connectivity index (χ2v) is 10.1. The van der Waals surface area contributed by atoms with Crippen LogP contribution in [0.25, 0.3) is 0 Å². The topological polar surface area (TPSA) is 127 Å². The zero-order valence-electron chi connectivity index (χ0n) is 15.7. The zero-order valence-corrected chi connectivity index (χ0v) is 17.4. The Bertz CT molecular complexity index is 741. The van der Waals surface area contributed by atoms with Crippen LogP contribution in [0.2, 0.25) is 0 Å². The summed E-state index contributed by atoms with van der Waals surface area (Å²) in [4.78, 5) is 26.3. The molecule has 0 spiro atoms. The fourth-order valence-corrected chi connectivity index (χ4v) is 3.80. The number of nitrogen functional groups attached to an aromatic ring is 1. The van der Waals surface area contributed by atoms with Crippen LogP contribution in [0.5, 0.6) is 0 Å². The van der Waals surface area contributed by atoms with E-state index in [4.69, 9.17) is 41.0 Å². The van der Waals surface area contributed by atoms with E-state index >= 15 is 0 Å². The van der Waals surface area contributed by atoms with Gasteiger partial charge in [-0.05, 0) is 18.7 Å². The smallest absolute Gasteiger partial charge is 0.351 e. The lowest BCUT2D eigenvalue weighted by molar-refractivity contribution is -0.0825. The van der Waals surface area contributed by atoms with Crippen molar-refractivity contribution in [2.24, 2.45) is 0 Å². The molecule has 10 nitrogen and oxygen atoms in total. The fourth-order valence-electron chi connectivity index (χ4n) is 2.79. The van der Waals surface area contributed by atoms with Crippen LogP contribution < -0.4 is 11.4 Å². The van der Waals surface area contributed by atoms with Gasteiger partial charge in [-0.2, -0.15) is 4.98 Å². The van der Waals surface area contributed by atoms with Gasteiger partial charge in [-0.1, -0.05) is 0 Å². The Morgan fingerprint density at radius 1 is 1.37 bits per heavy atom. The van der Waals surface area contributed by atoms with E-state index in [9.17, 15) is 9.69 Å². The second kappa shape index (κ2) is 9.53. The summed E-state index contributed by atoms with van der Waals surface area (Å²) < 4.78 is 29.1. The summed E-state index contributed by atoms with van der Waals surface area (Å²) in [7, 11) is 3.06. The van der Waals surface area contributed by atoms with Gasteiger partial charge in [0.05, 0.1) is 19.8 Å². The van der Waals surface area contributed by atoms with E-state index < -0.39 is 36.7 Å². The van der Waals surface area contributed by atoms with Crippen LogP contribution in [0, 0.1) is 6.92 Å². The molecular formula is C15H26N3O7PS. The van der Waals surface area contributed by atoms with E-state index in [0.717, 1.165) is 0 Å². The second-order valence-electron chi connectivity index (χ2n) is 6.22. The minimum Gasteiger partial charge on any atom is -0.383 e. The molecule has 0 radical (unpaired) electrons. The summed E-state index contributed by atoms with van der Waals surface area (Å²) in [5.74, 6) is 0.145. The van der Waals surface area contributed by atoms with E-state index in [0.29, 0.717) is 12.2 Å². The summed E-state index contributed by atoms with van der Waals surface area (Å²) in [6.07, 6.45) is -1.39. The summed E-state index contributed by atoms with van der Waals surface area (Å²) >= 11 is 5.04. The lowest BCUT2D eigenvalue weighted by Gasteiger charge is -2.27. The summed E-state index contributed by atoms with van der Waals surface area (Å²) in [6, 6.07) is 0. The maximum atomic E-state index is 12.4. The number of nitrogens with zero attached hydrogens (tertiary/aromatic N) is 2. The first-order valence-electron chi connectivity index (χ1n) is 8.26. The quantitative estimate of drug-likeness (QED) is 0.415. The standard InChI is InChI=1S/C15H26N3O7PS/c1-9-7-18(15(19)17-13(9)16)14-12(23-6-5-21-2)11(25-26(4,20)27)10(24-14)8-22-3/h7,10-12,14H,5-6,8H2,1-4H3,(H,20,27)(H2,16,17,19)/t10-,11?,12+,14-,26?/m1/s1. The van der Waals surface area contributed by atoms with E-state index in [1.807, 2.05) is 0 Å². The van der Waals surface area contributed by atoms with Crippen LogP contribution >= 0.6 is 6.49 Å². The number of ether oxygens (including phenoxy) is 4. The average Bonchev–Trinajstić information content (AvgIpc) is 2.88. The predicted molar refractivity (Wildman–Crippen MR) is 102 cm³/mol. The first-order valence-corrected chi connectivity index (χ1v) is 11.4. The molecule has 0 amide bonds. The zero-order chi connectivity index (χ0) is 20.2.